The maximum Gasteiger partial charge on any atom is 0.312 e. The topological polar surface area (TPSA) is 97.6 Å². The van der Waals surface area contributed by atoms with Crippen LogP contribution in [0, 0.1) is 6.92 Å². The Labute approximate surface area is 216 Å². The zero-order valence-corrected chi connectivity index (χ0v) is 22.0. The fourth-order valence-electron chi connectivity index (χ4n) is 5.48. The monoisotopic (exact) mass is 514 g/mol. The van der Waals surface area contributed by atoms with Crippen molar-refractivity contribution in [3.8, 4) is 11.1 Å². The Balaban J connectivity index is 1.70. The molecule has 1 amide bonds. The number of hydrogen-bond donors (Lipinski definition) is 2. The van der Waals surface area contributed by atoms with Gasteiger partial charge in [0.15, 0.2) is 0 Å². The molecule has 0 aliphatic heterocycles. The minimum atomic E-state index is -0.810. The first-order chi connectivity index (χ1) is 17.1. The van der Waals surface area contributed by atoms with E-state index in [1.165, 1.54) is 4.57 Å². The fourth-order valence-corrected chi connectivity index (χ4v) is 5.61. The summed E-state index contributed by atoms with van der Waals surface area (Å²) in [6.07, 6.45) is 6.59. The van der Waals surface area contributed by atoms with Gasteiger partial charge in [-0.1, -0.05) is 49.4 Å². The van der Waals surface area contributed by atoms with E-state index in [0.29, 0.717) is 34.7 Å². The van der Waals surface area contributed by atoms with Gasteiger partial charge in [-0.15, -0.1) is 0 Å². The number of carbonyl (C=O) groups excluding carboxylic acids is 2. The summed E-state index contributed by atoms with van der Waals surface area (Å²) in [5.41, 5.74) is 1.25. The summed E-state index contributed by atoms with van der Waals surface area (Å²) in [4.78, 5) is 39.7. The lowest BCUT2D eigenvalue weighted by Gasteiger charge is -2.39. The maximum atomic E-state index is 13.5. The third-order valence-electron chi connectivity index (χ3n) is 7.46. The van der Waals surface area contributed by atoms with Gasteiger partial charge < -0.3 is 19.7 Å². The Hall–Kier alpha value is -2.64. The predicted molar refractivity (Wildman–Crippen MR) is 139 cm³/mol. The highest BCUT2D eigenvalue weighted by Crippen LogP contribution is 2.35. The Morgan fingerprint density at radius 3 is 2.33 bits per heavy atom. The summed E-state index contributed by atoms with van der Waals surface area (Å²) in [5, 5.41) is 13.6. The van der Waals surface area contributed by atoms with Crippen molar-refractivity contribution < 1.29 is 19.4 Å². The van der Waals surface area contributed by atoms with Gasteiger partial charge in [0.25, 0.3) is 11.5 Å². The van der Waals surface area contributed by atoms with Crippen LogP contribution in [0.5, 0.6) is 0 Å². The van der Waals surface area contributed by atoms with Crippen molar-refractivity contribution in [1.29, 1.82) is 0 Å². The van der Waals surface area contributed by atoms with Crippen LogP contribution >= 0.6 is 11.6 Å². The second-order valence-electron chi connectivity index (χ2n) is 10.5. The van der Waals surface area contributed by atoms with Crippen molar-refractivity contribution in [3.05, 3.63) is 56.5 Å². The van der Waals surface area contributed by atoms with Crippen molar-refractivity contribution in [3.63, 3.8) is 0 Å². The quantitative estimate of drug-likeness (QED) is 0.438. The summed E-state index contributed by atoms with van der Waals surface area (Å²) in [6, 6.07) is 7.17. The van der Waals surface area contributed by atoms with Crippen LogP contribution in [0.3, 0.4) is 0 Å². The molecule has 2 aromatic rings. The molecule has 194 valence electrons. The molecule has 0 atom stereocenters. The third-order valence-corrected chi connectivity index (χ3v) is 7.71. The molecule has 36 heavy (non-hydrogen) atoms. The van der Waals surface area contributed by atoms with Gasteiger partial charge in [-0.2, -0.15) is 0 Å². The van der Waals surface area contributed by atoms with E-state index >= 15 is 0 Å². The molecule has 1 aromatic carbocycles. The Morgan fingerprint density at radius 2 is 1.75 bits per heavy atom. The summed E-state index contributed by atoms with van der Waals surface area (Å²) < 4.78 is 6.93. The lowest BCUT2D eigenvalue weighted by Crippen LogP contribution is -2.46. The lowest BCUT2D eigenvalue weighted by atomic mass is 9.79. The predicted octanol–water partition coefficient (Wildman–Crippen LogP) is 4.47. The molecule has 2 saturated carbocycles. The summed E-state index contributed by atoms with van der Waals surface area (Å²) in [5.74, 6) is -0.850. The van der Waals surface area contributed by atoms with E-state index in [9.17, 15) is 19.5 Å². The van der Waals surface area contributed by atoms with Crippen LogP contribution < -0.4 is 10.9 Å². The van der Waals surface area contributed by atoms with Gasteiger partial charge in [0, 0.05) is 42.2 Å². The average Bonchev–Trinajstić information content (AvgIpc) is 3.06. The van der Waals surface area contributed by atoms with E-state index in [1.54, 1.807) is 33.0 Å². The van der Waals surface area contributed by atoms with E-state index in [0.717, 1.165) is 44.1 Å². The number of aliphatic hydroxyl groups is 1. The van der Waals surface area contributed by atoms with Crippen LogP contribution in [0.1, 0.15) is 79.9 Å². The number of ether oxygens (including phenoxy) is 1. The first-order valence-corrected chi connectivity index (χ1v) is 13.1. The normalized spacial score (nSPS) is 22.4. The minimum absolute atomic E-state index is 0.0532. The molecule has 2 aliphatic rings. The number of nitrogens with one attached hydrogen (secondary N) is 1. The van der Waals surface area contributed by atoms with Gasteiger partial charge in [-0.3, -0.25) is 14.4 Å². The smallest absolute Gasteiger partial charge is 0.312 e. The van der Waals surface area contributed by atoms with Crippen molar-refractivity contribution in [2.45, 2.75) is 89.4 Å². The van der Waals surface area contributed by atoms with Gasteiger partial charge in [0.1, 0.15) is 11.7 Å². The molecule has 2 aliphatic carbocycles. The van der Waals surface area contributed by atoms with Gasteiger partial charge in [-0.05, 0) is 49.9 Å². The fraction of sp³-hybridized carbons (Fsp3) is 0.536. The molecule has 0 bridgehead atoms. The second-order valence-corrected chi connectivity index (χ2v) is 11.0. The average molecular weight is 515 g/mol. The zero-order valence-electron chi connectivity index (χ0n) is 21.2. The Bertz CT molecular complexity index is 1190. The molecule has 0 radical (unpaired) electrons. The lowest BCUT2D eigenvalue weighted by molar-refractivity contribution is -0.168. The first kappa shape index (κ1) is 26.4. The van der Waals surface area contributed by atoms with Crippen LogP contribution in [0.25, 0.3) is 11.1 Å². The highest BCUT2D eigenvalue weighted by atomic mass is 35.5. The number of amides is 1. The van der Waals surface area contributed by atoms with Crippen molar-refractivity contribution in [2.75, 3.05) is 0 Å². The summed E-state index contributed by atoms with van der Waals surface area (Å²) >= 11 is 6.11. The number of aromatic nitrogens is 1. The second kappa shape index (κ2) is 10.8. The van der Waals surface area contributed by atoms with Gasteiger partial charge in [0.2, 0.25) is 0 Å². The van der Waals surface area contributed by atoms with Crippen LogP contribution in [0.15, 0.2) is 29.1 Å². The molecule has 2 N–H and O–H groups in total. The zero-order chi connectivity index (χ0) is 26.0. The van der Waals surface area contributed by atoms with Crippen LogP contribution in [0.2, 0.25) is 5.02 Å². The van der Waals surface area contributed by atoms with E-state index in [-0.39, 0.29) is 30.0 Å². The Morgan fingerprint density at radius 1 is 1.14 bits per heavy atom. The first-order valence-electron chi connectivity index (χ1n) is 12.8. The minimum Gasteiger partial charge on any atom is -0.462 e. The number of carbonyl (C=O) groups is 2. The van der Waals surface area contributed by atoms with Crippen LogP contribution in [-0.2, 0) is 23.0 Å². The molecular formula is C28H35ClN2O5. The highest BCUT2D eigenvalue weighted by Gasteiger charge is 2.41. The molecule has 0 saturated heterocycles. The van der Waals surface area contributed by atoms with Crippen molar-refractivity contribution >= 4 is 23.5 Å². The van der Waals surface area contributed by atoms with Gasteiger partial charge >= 0.3 is 5.97 Å². The SMILES string of the molecule is Cc1c(-c2ccc(Cl)cc2)c(CC(=O)OC2CC(C)(O)C2)n(C)c(=O)c1C(=O)NC1CCCCCC1. The number of nitrogens with zero attached hydrogens (tertiary/aromatic N) is 1. The van der Waals surface area contributed by atoms with Crippen LogP contribution in [-0.4, -0.2) is 39.3 Å². The number of hydrogen-bond acceptors (Lipinski definition) is 5. The molecule has 1 heterocycles. The summed E-state index contributed by atoms with van der Waals surface area (Å²) in [7, 11) is 1.58. The van der Waals surface area contributed by atoms with E-state index in [2.05, 4.69) is 5.32 Å². The number of rotatable bonds is 6. The van der Waals surface area contributed by atoms with Gasteiger partial charge in [0.05, 0.1) is 12.0 Å². The van der Waals surface area contributed by atoms with E-state index in [1.807, 2.05) is 12.1 Å². The largest absolute Gasteiger partial charge is 0.462 e. The molecule has 1 aromatic heterocycles. The molecule has 0 spiro atoms. The third kappa shape index (κ3) is 5.84. The number of benzene rings is 1. The maximum absolute atomic E-state index is 13.5. The number of esters is 1. The molecule has 8 heteroatoms. The van der Waals surface area contributed by atoms with Crippen molar-refractivity contribution in [2.24, 2.45) is 7.05 Å². The summed E-state index contributed by atoms with van der Waals surface area (Å²) in [6.45, 7) is 3.47. The molecular weight excluding hydrogens is 480 g/mol. The van der Waals surface area contributed by atoms with E-state index < -0.39 is 17.1 Å². The van der Waals surface area contributed by atoms with Gasteiger partial charge in [-0.25, -0.2) is 0 Å². The molecule has 0 unspecified atom stereocenters. The molecule has 4 rings (SSSR count). The molecule has 7 nitrogen and oxygen atoms in total. The standard InChI is InChI=1S/C28H35ClN2O5/c1-17-24(18-10-12-19(29)13-11-18)22(14-23(32)36-21-15-28(2,35)16-21)31(3)27(34)25(17)26(33)30-20-8-6-4-5-7-9-20/h10-13,20-21,35H,4-9,14-16H2,1-3H3,(H,30,33). The molecule has 2 fully saturated rings. The van der Waals surface area contributed by atoms with E-state index in [4.69, 9.17) is 16.3 Å². The Kier molecular flexibility index (Phi) is 7.90. The van der Waals surface area contributed by atoms with Crippen molar-refractivity contribution in [1.82, 2.24) is 9.88 Å². The highest BCUT2D eigenvalue weighted by molar-refractivity contribution is 6.30. The number of halogens is 1. The van der Waals surface area contributed by atoms with Crippen LogP contribution in [0.4, 0.5) is 0 Å². The number of pyridine rings is 1.